The van der Waals surface area contributed by atoms with E-state index in [4.69, 9.17) is 0 Å². The lowest BCUT2D eigenvalue weighted by atomic mass is 10.3. The Kier molecular flexibility index (Phi) is 6.39. The molecule has 0 spiro atoms. The van der Waals surface area contributed by atoms with Gasteiger partial charge < -0.3 is 15.4 Å². The second kappa shape index (κ2) is 9.15. The first-order valence-corrected chi connectivity index (χ1v) is 8.78. The Morgan fingerprint density at radius 1 is 0.926 bits per heavy atom. The van der Waals surface area contributed by atoms with E-state index in [0.29, 0.717) is 17.3 Å². The first kappa shape index (κ1) is 18.9. The molecule has 140 valence electrons. The Morgan fingerprint density at radius 2 is 1.63 bits per heavy atom. The summed E-state index contributed by atoms with van der Waals surface area (Å²) in [5, 5.41) is 6.32. The van der Waals surface area contributed by atoms with Crippen LogP contribution in [0.25, 0.3) is 0 Å². The second-order valence-corrected chi connectivity index (χ2v) is 6.36. The van der Waals surface area contributed by atoms with Crippen LogP contribution in [0.15, 0.2) is 65.8 Å². The molecule has 0 amide bonds. The van der Waals surface area contributed by atoms with Gasteiger partial charge in [0, 0.05) is 22.3 Å². The van der Waals surface area contributed by atoms with Gasteiger partial charge in [0.05, 0.1) is 0 Å². The fourth-order valence-electron chi connectivity index (χ4n) is 2.26. The molecule has 27 heavy (non-hydrogen) atoms. The standard InChI is InChI=1S/C18H17F2N5OS/c1-21-27-15-4-2-3-13(9-15)25-17-10-16(22-11-23-17)24-12-5-7-14(8-6-12)26-18(19)20/h2-11,18,21H,1H3,(H2,22,23,24,25). The van der Waals surface area contributed by atoms with Gasteiger partial charge in [0.25, 0.3) is 0 Å². The molecule has 6 nitrogen and oxygen atoms in total. The predicted molar refractivity (Wildman–Crippen MR) is 103 cm³/mol. The van der Waals surface area contributed by atoms with E-state index in [9.17, 15) is 8.78 Å². The lowest BCUT2D eigenvalue weighted by Gasteiger charge is -2.10. The number of nitrogens with zero attached hydrogens (tertiary/aromatic N) is 2. The average molecular weight is 389 g/mol. The van der Waals surface area contributed by atoms with Crippen LogP contribution in [0.2, 0.25) is 0 Å². The topological polar surface area (TPSA) is 71.1 Å². The summed E-state index contributed by atoms with van der Waals surface area (Å²) in [5.41, 5.74) is 1.59. The zero-order valence-electron chi connectivity index (χ0n) is 14.3. The Morgan fingerprint density at radius 3 is 2.30 bits per heavy atom. The molecule has 0 bridgehead atoms. The fourth-order valence-corrected chi connectivity index (χ4v) is 2.83. The number of hydrogen-bond donors (Lipinski definition) is 3. The van der Waals surface area contributed by atoms with Gasteiger partial charge in [-0.2, -0.15) is 8.78 Å². The lowest BCUT2D eigenvalue weighted by Crippen LogP contribution is -2.02. The van der Waals surface area contributed by atoms with E-state index in [2.05, 4.69) is 30.1 Å². The minimum atomic E-state index is -2.84. The molecule has 0 radical (unpaired) electrons. The molecule has 3 aromatic rings. The van der Waals surface area contributed by atoms with Crippen molar-refractivity contribution >= 4 is 35.0 Å². The maximum atomic E-state index is 12.2. The van der Waals surface area contributed by atoms with Crippen molar-refractivity contribution in [2.75, 3.05) is 17.7 Å². The summed E-state index contributed by atoms with van der Waals surface area (Å²) in [6.45, 7) is -2.84. The third-order valence-electron chi connectivity index (χ3n) is 3.35. The molecule has 0 aliphatic carbocycles. The average Bonchev–Trinajstić information content (AvgIpc) is 2.64. The van der Waals surface area contributed by atoms with Gasteiger partial charge in [0.15, 0.2) is 0 Å². The molecule has 1 heterocycles. The van der Waals surface area contributed by atoms with Gasteiger partial charge in [0.2, 0.25) is 0 Å². The van der Waals surface area contributed by atoms with Crippen LogP contribution >= 0.6 is 11.9 Å². The zero-order chi connectivity index (χ0) is 19.1. The van der Waals surface area contributed by atoms with Crippen molar-refractivity contribution < 1.29 is 13.5 Å². The van der Waals surface area contributed by atoms with Gasteiger partial charge in [-0.3, -0.25) is 4.72 Å². The van der Waals surface area contributed by atoms with E-state index < -0.39 is 6.61 Å². The summed E-state index contributed by atoms with van der Waals surface area (Å²) < 4.78 is 31.7. The predicted octanol–water partition coefficient (Wildman–Crippen LogP) is 4.79. The number of aromatic nitrogens is 2. The van der Waals surface area contributed by atoms with Crippen LogP contribution in [-0.2, 0) is 0 Å². The van der Waals surface area contributed by atoms with Gasteiger partial charge in [0.1, 0.15) is 23.7 Å². The van der Waals surface area contributed by atoms with Crippen LogP contribution in [-0.4, -0.2) is 23.6 Å². The monoisotopic (exact) mass is 389 g/mol. The number of benzene rings is 2. The van der Waals surface area contributed by atoms with E-state index in [0.717, 1.165) is 10.6 Å². The number of ether oxygens (including phenoxy) is 1. The summed E-state index contributed by atoms with van der Waals surface area (Å²) in [4.78, 5) is 9.45. The van der Waals surface area contributed by atoms with E-state index in [1.165, 1.54) is 30.4 Å². The van der Waals surface area contributed by atoms with Crippen molar-refractivity contribution in [3.05, 3.63) is 60.9 Å². The molecular weight excluding hydrogens is 372 g/mol. The molecule has 0 aliphatic heterocycles. The van der Waals surface area contributed by atoms with Crippen LogP contribution in [0, 0.1) is 0 Å². The van der Waals surface area contributed by atoms with Crippen LogP contribution in [0.5, 0.6) is 5.75 Å². The molecule has 2 aromatic carbocycles. The number of anilines is 4. The highest BCUT2D eigenvalue weighted by atomic mass is 32.2. The van der Waals surface area contributed by atoms with Crippen molar-refractivity contribution in [3.8, 4) is 5.75 Å². The SMILES string of the molecule is CNSc1cccc(Nc2cc(Nc3ccc(OC(F)F)cc3)ncn2)c1. The highest BCUT2D eigenvalue weighted by Gasteiger charge is 2.05. The molecule has 0 saturated heterocycles. The minimum Gasteiger partial charge on any atom is -0.435 e. The fraction of sp³-hybridized carbons (Fsp3) is 0.111. The van der Waals surface area contributed by atoms with E-state index >= 15 is 0 Å². The maximum Gasteiger partial charge on any atom is 0.387 e. The van der Waals surface area contributed by atoms with E-state index in [1.807, 2.05) is 31.3 Å². The third kappa shape index (κ3) is 5.80. The second-order valence-electron chi connectivity index (χ2n) is 5.28. The van der Waals surface area contributed by atoms with Gasteiger partial charge >= 0.3 is 6.61 Å². The molecule has 9 heteroatoms. The first-order valence-electron chi connectivity index (χ1n) is 7.97. The maximum absolute atomic E-state index is 12.2. The molecule has 0 atom stereocenters. The summed E-state index contributed by atoms with van der Waals surface area (Å²) >= 11 is 1.52. The minimum absolute atomic E-state index is 0.0971. The zero-order valence-corrected chi connectivity index (χ0v) is 15.1. The summed E-state index contributed by atoms with van der Waals surface area (Å²) in [7, 11) is 1.86. The Bertz CT molecular complexity index is 880. The van der Waals surface area contributed by atoms with Crippen LogP contribution in [0.4, 0.5) is 31.8 Å². The van der Waals surface area contributed by atoms with Gasteiger partial charge in [-0.1, -0.05) is 6.07 Å². The van der Waals surface area contributed by atoms with Crippen molar-refractivity contribution in [1.29, 1.82) is 0 Å². The lowest BCUT2D eigenvalue weighted by molar-refractivity contribution is -0.0498. The molecule has 0 fully saturated rings. The van der Waals surface area contributed by atoms with Gasteiger partial charge in [-0.25, -0.2) is 9.97 Å². The first-order chi connectivity index (χ1) is 13.1. The quantitative estimate of drug-likeness (QED) is 0.478. The summed E-state index contributed by atoms with van der Waals surface area (Å²) in [5.74, 6) is 1.28. The van der Waals surface area contributed by atoms with Crippen molar-refractivity contribution in [2.45, 2.75) is 11.5 Å². The van der Waals surface area contributed by atoms with E-state index in [1.54, 1.807) is 18.2 Å². The molecular formula is C18H17F2N5OS. The van der Waals surface area contributed by atoms with Gasteiger partial charge in [-0.05, 0) is 61.5 Å². The number of alkyl halides is 2. The molecule has 0 saturated carbocycles. The number of hydrogen-bond acceptors (Lipinski definition) is 7. The van der Waals surface area contributed by atoms with Crippen LogP contribution in [0.3, 0.4) is 0 Å². The largest absolute Gasteiger partial charge is 0.435 e. The molecule has 0 aliphatic rings. The Labute approximate surface area is 159 Å². The van der Waals surface area contributed by atoms with Crippen molar-refractivity contribution in [1.82, 2.24) is 14.7 Å². The highest BCUT2D eigenvalue weighted by molar-refractivity contribution is 7.97. The van der Waals surface area contributed by atoms with Crippen molar-refractivity contribution in [3.63, 3.8) is 0 Å². The molecule has 1 aromatic heterocycles. The normalized spacial score (nSPS) is 10.7. The Balaban J connectivity index is 1.67. The summed E-state index contributed by atoms with van der Waals surface area (Å²) in [6.07, 6.45) is 1.44. The van der Waals surface area contributed by atoms with E-state index in [-0.39, 0.29) is 5.75 Å². The van der Waals surface area contributed by atoms with Crippen LogP contribution < -0.4 is 20.1 Å². The molecule has 0 unspecified atom stereocenters. The molecule has 3 rings (SSSR count). The van der Waals surface area contributed by atoms with Gasteiger partial charge in [-0.15, -0.1) is 0 Å². The Hall–Kier alpha value is -2.91. The number of nitrogens with one attached hydrogen (secondary N) is 3. The summed E-state index contributed by atoms with van der Waals surface area (Å²) in [6, 6.07) is 15.8. The van der Waals surface area contributed by atoms with Crippen LogP contribution in [0.1, 0.15) is 0 Å². The molecule has 3 N–H and O–H groups in total. The number of halogens is 2. The number of rotatable bonds is 8. The smallest absolute Gasteiger partial charge is 0.387 e. The highest BCUT2D eigenvalue weighted by Crippen LogP contribution is 2.24. The third-order valence-corrected chi connectivity index (χ3v) is 4.04. The van der Waals surface area contributed by atoms with Crippen molar-refractivity contribution in [2.24, 2.45) is 0 Å².